The number of halogens is 3. The molecule has 0 saturated carbocycles. The predicted molar refractivity (Wildman–Crippen MR) is 85.2 cm³/mol. The maximum Gasteiger partial charge on any atom is 0.418 e. The quantitative estimate of drug-likeness (QED) is 0.823. The molecular weight excluding hydrogens is 325 g/mol. The van der Waals surface area contributed by atoms with Gasteiger partial charge in [0.25, 0.3) is 0 Å². The number of nitrogens with zero attached hydrogens (tertiary/aromatic N) is 1. The van der Waals surface area contributed by atoms with E-state index in [1.54, 1.807) is 20.8 Å². The van der Waals surface area contributed by atoms with Crippen LogP contribution < -0.4 is 10.1 Å². The molecule has 5 nitrogen and oxygen atoms in total. The fraction of sp³-hybridized carbons (Fsp3) is 0.562. The summed E-state index contributed by atoms with van der Waals surface area (Å²) in [6.45, 7) is 6.84. The Morgan fingerprint density at radius 1 is 1.33 bits per heavy atom. The topological polar surface area (TPSA) is 61.8 Å². The summed E-state index contributed by atoms with van der Waals surface area (Å²) in [7, 11) is 0. The van der Waals surface area contributed by atoms with Crippen molar-refractivity contribution in [2.75, 3.05) is 18.5 Å². The van der Waals surface area contributed by atoms with Crippen LogP contribution in [0.5, 0.6) is 5.75 Å². The van der Waals surface area contributed by atoms with Crippen LogP contribution in [-0.4, -0.2) is 41.3 Å². The molecule has 0 saturated heterocycles. The standard InChI is InChI=1S/C16H23F3N2O3/c1-5-24-12-6-7-14(13(8-12)16(17,18)19)20-15(23)21(10(2)3)9-11(4)22/h6-8,10-11,22H,5,9H2,1-4H3,(H,20,23)/t11-/m1/s1. The second kappa shape index (κ2) is 8.23. The van der Waals surface area contributed by atoms with Crippen LogP contribution in [0.25, 0.3) is 0 Å². The number of hydrogen-bond acceptors (Lipinski definition) is 3. The average Bonchev–Trinajstić information content (AvgIpc) is 2.45. The molecule has 8 heteroatoms. The molecule has 2 amide bonds. The second-order valence-corrected chi connectivity index (χ2v) is 5.66. The third-order valence-electron chi connectivity index (χ3n) is 3.19. The molecule has 0 unspecified atom stereocenters. The molecule has 0 bridgehead atoms. The van der Waals surface area contributed by atoms with Crippen molar-refractivity contribution in [2.24, 2.45) is 0 Å². The zero-order chi connectivity index (χ0) is 18.5. The summed E-state index contributed by atoms with van der Waals surface area (Å²) in [5, 5.41) is 11.7. The Balaban J connectivity index is 3.10. The number of amides is 2. The van der Waals surface area contributed by atoms with Gasteiger partial charge in [-0.2, -0.15) is 13.2 Å². The van der Waals surface area contributed by atoms with Crippen LogP contribution in [0.3, 0.4) is 0 Å². The molecule has 1 atom stereocenters. The van der Waals surface area contributed by atoms with Gasteiger partial charge < -0.3 is 20.1 Å². The summed E-state index contributed by atoms with van der Waals surface area (Å²) in [6, 6.07) is 2.39. The molecule has 24 heavy (non-hydrogen) atoms. The highest BCUT2D eigenvalue weighted by Gasteiger charge is 2.35. The molecule has 0 aliphatic carbocycles. The molecule has 1 rings (SSSR count). The highest BCUT2D eigenvalue weighted by Crippen LogP contribution is 2.37. The van der Waals surface area contributed by atoms with Crippen LogP contribution in [0.2, 0.25) is 0 Å². The van der Waals surface area contributed by atoms with Gasteiger partial charge in [-0.25, -0.2) is 4.79 Å². The number of aliphatic hydroxyl groups excluding tert-OH is 1. The van der Waals surface area contributed by atoms with E-state index in [1.807, 2.05) is 0 Å². The van der Waals surface area contributed by atoms with E-state index < -0.39 is 23.9 Å². The van der Waals surface area contributed by atoms with E-state index in [4.69, 9.17) is 4.74 Å². The highest BCUT2D eigenvalue weighted by atomic mass is 19.4. The largest absolute Gasteiger partial charge is 0.494 e. The molecule has 0 aliphatic heterocycles. The lowest BCUT2D eigenvalue weighted by Gasteiger charge is -2.28. The first-order chi connectivity index (χ1) is 11.1. The zero-order valence-electron chi connectivity index (χ0n) is 14.1. The van der Waals surface area contributed by atoms with Crippen LogP contribution in [0.1, 0.15) is 33.3 Å². The van der Waals surface area contributed by atoms with Gasteiger partial charge >= 0.3 is 12.2 Å². The van der Waals surface area contributed by atoms with E-state index in [9.17, 15) is 23.1 Å². The number of alkyl halides is 3. The first-order valence-electron chi connectivity index (χ1n) is 7.66. The number of carbonyl (C=O) groups excluding carboxylic acids is 1. The normalized spacial score (nSPS) is 12.9. The maximum atomic E-state index is 13.2. The average molecular weight is 348 g/mol. The predicted octanol–water partition coefficient (Wildman–Crippen LogP) is 3.73. The third kappa shape index (κ3) is 5.59. The number of hydrogen-bond donors (Lipinski definition) is 2. The Labute approximate surface area is 139 Å². The van der Waals surface area contributed by atoms with Crippen molar-refractivity contribution in [2.45, 2.75) is 46.0 Å². The number of carbonyl (C=O) groups is 1. The maximum absolute atomic E-state index is 13.2. The van der Waals surface area contributed by atoms with Gasteiger partial charge in [-0.1, -0.05) is 0 Å². The number of benzene rings is 1. The van der Waals surface area contributed by atoms with Crippen molar-refractivity contribution in [3.05, 3.63) is 23.8 Å². The monoisotopic (exact) mass is 348 g/mol. The van der Waals surface area contributed by atoms with Crippen LogP contribution >= 0.6 is 0 Å². The Kier molecular flexibility index (Phi) is 6.89. The fourth-order valence-corrected chi connectivity index (χ4v) is 2.12. The number of nitrogens with one attached hydrogen (secondary N) is 1. The molecule has 0 aliphatic rings. The number of ether oxygens (including phenoxy) is 1. The van der Waals surface area contributed by atoms with Crippen molar-refractivity contribution in [1.29, 1.82) is 0 Å². The Morgan fingerprint density at radius 2 is 1.96 bits per heavy atom. The summed E-state index contributed by atoms with van der Waals surface area (Å²) < 4.78 is 44.8. The molecule has 136 valence electrons. The number of aliphatic hydroxyl groups is 1. The van der Waals surface area contributed by atoms with E-state index in [-0.39, 0.29) is 30.6 Å². The lowest BCUT2D eigenvalue weighted by molar-refractivity contribution is -0.137. The van der Waals surface area contributed by atoms with E-state index in [0.29, 0.717) is 0 Å². The van der Waals surface area contributed by atoms with Gasteiger partial charge in [0, 0.05) is 12.6 Å². The van der Waals surface area contributed by atoms with Crippen molar-refractivity contribution in [1.82, 2.24) is 4.90 Å². The fourth-order valence-electron chi connectivity index (χ4n) is 2.12. The molecule has 0 radical (unpaired) electrons. The van der Waals surface area contributed by atoms with Gasteiger partial charge in [-0.05, 0) is 45.9 Å². The smallest absolute Gasteiger partial charge is 0.418 e. The van der Waals surface area contributed by atoms with E-state index in [1.165, 1.54) is 17.9 Å². The minimum absolute atomic E-state index is 0.0158. The summed E-state index contributed by atoms with van der Waals surface area (Å²) in [5.41, 5.74) is -1.34. The van der Waals surface area contributed by atoms with Crippen molar-refractivity contribution in [3.63, 3.8) is 0 Å². The first-order valence-corrected chi connectivity index (χ1v) is 7.66. The molecule has 0 aromatic heterocycles. The highest BCUT2D eigenvalue weighted by molar-refractivity contribution is 5.90. The lowest BCUT2D eigenvalue weighted by Crippen LogP contribution is -2.44. The number of rotatable bonds is 6. The van der Waals surface area contributed by atoms with Crippen LogP contribution in [0.15, 0.2) is 18.2 Å². The third-order valence-corrected chi connectivity index (χ3v) is 3.19. The van der Waals surface area contributed by atoms with Crippen LogP contribution in [-0.2, 0) is 6.18 Å². The molecular formula is C16H23F3N2O3. The molecule has 1 aromatic rings. The van der Waals surface area contributed by atoms with Gasteiger partial charge in [-0.15, -0.1) is 0 Å². The Hall–Kier alpha value is -1.96. The summed E-state index contributed by atoms with van der Waals surface area (Å²) in [4.78, 5) is 13.5. The van der Waals surface area contributed by atoms with E-state index in [2.05, 4.69) is 5.32 Å². The minimum Gasteiger partial charge on any atom is -0.494 e. The van der Waals surface area contributed by atoms with Gasteiger partial charge in [0.05, 0.1) is 24.0 Å². The van der Waals surface area contributed by atoms with Gasteiger partial charge in [0.1, 0.15) is 5.75 Å². The van der Waals surface area contributed by atoms with Crippen LogP contribution in [0.4, 0.5) is 23.7 Å². The van der Waals surface area contributed by atoms with E-state index in [0.717, 1.165) is 12.1 Å². The molecule has 0 fully saturated rings. The Bertz CT molecular complexity index is 560. The van der Waals surface area contributed by atoms with Gasteiger partial charge in [-0.3, -0.25) is 0 Å². The lowest BCUT2D eigenvalue weighted by atomic mass is 10.1. The van der Waals surface area contributed by atoms with Gasteiger partial charge in [0.15, 0.2) is 0 Å². The van der Waals surface area contributed by atoms with Gasteiger partial charge in [0.2, 0.25) is 0 Å². The first kappa shape index (κ1) is 20.1. The van der Waals surface area contributed by atoms with Crippen molar-refractivity contribution < 1.29 is 27.8 Å². The summed E-state index contributed by atoms with van der Waals surface area (Å²) in [5.74, 6) is 0.0764. The molecule has 1 aromatic carbocycles. The second-order valence-electron chi connectivity index (χ2n) is 5.66. The Morgan fingerprint density at radius 3 is 2.42 bits per heavy atom. The van der Waals surface area contributed by atoms with Crippen LogP contribution in [0, 0.1) is 0 Å². The zero-order valence-corrected chi connectivity index (χ0v) is 14.1. The molecule has 0 heterocycles. The number of anilines is 1. The van der Waals surface area contributed by atoms with Crippen molar-refractivity contribution >= 4 is 11.7 Å². The van der Waals surface area contributed by atoms with E-state index >= 15 is 0 Å². The molecule has 2 N–H and O–H groups in total. The minimum atomic E-state index is -4.64. The molecule has 0 spiro atoms. The van der Waals surface area contributed by atoms with Crippen molar-refractivity contribution in [3.8, 4) is 5.75 Å². The summed E-state index contributed by atoms with van der Waals surface area (Å²) >= 11 is 0. The SMILES string of the molecule is CCOc1ccc(NC(=O)N(C[C@@H](C)O)C(C)C)c(C(F)(F)F)c1. The summed E-state index contributed by atoms with van der Waals surface area (Å²) in [6.07, 6.45) is -5.43. The number of urea groups is 1.